The number of pyridine rings is 1. The SMILES string of the molecule is O=C(Nc1ccc2c(c1)OCCO2)c1cccn(OCc2ccccc2)c1=O. The third kappa shape index (κ3) is 3.83. The quantitative estimate of drug-likeness (QED) is 0.738. The molecule has 0 aliphatic carbocycles. The first-order valence-corrected chi connectivity index (χ1v) is 8.80. The number of hydrogen-bond donors (Lipinski definition) is 1. The lowest BCUT2D eigenvalue weighted by atomic mass is 10.2. The first-order valence-electron chi connectivity index (χ1n) is 8.80. The van der Waals surface area contributed by atoms with E-state index in [2.05, 4.69) is 5.32 Å². The van der Waals surface area contributed by atoms with Crippen molar-refractivity contribution in [3.8, 4) is 11.5 Å². The maximum atomic E-state index is 12.6. The summed E-state index contributed by atoms with van der Waals surface area (Å²) in [5, 5.41) is 2.71. The smallest absolute Gasteiger partial charge is 0.295 e. The van der Waals surface area contributed by atoms with Gasteiger partial charge in [0, 0.05) is 18.0 Å². The molecule has 28 heavy (non-hydrogen) atoms. The molecule has 0 radical (unpaired) electrons. The van der Waals surface area contributed by atoms with E-state index in [1.54, 1.807) is 24.3 Å². The van der Waals surface area contributed by atoms with E-state index in [0.717, 1.165) is 10.3 Å². The Morgan fingerprint density at radius 1 is 1.00 bits per heavy atom. The van der Waals surface area contributed by atoms with Gasteiger partial charge >= 0.3 is 0 Å². The van der Waals surface area contributed by atoms with Crippen LogP contribution in [0.2, 0.25) is 0 Å². The summed E-state index contributed by atoms with van der Waals surface area (Å²) in [4.78, 5) is 30.7. The molecular weight excluding hydrogens is 360 g/mol. The monoisotopic (exact) mass is 378 g/mol. The Morgan fingerprint density at radius 2 is 1.79 bits per heavy atom. The van der Waals surface area contributed by atoms with E-state index in [4.69, 9.17) is 14.3 Å². The summed E-state index contributed by atoms with van der Waals surface area (Å²) in [6, 6.07) is 17.6. The highest BCUT2D eigenvalue weighted by Gasteiger charge is 2.16. The van der Waals surface area contributed by atoms with Crippen LogP contribution in [0.5, 0.6) is 11.5 Å². The van der Waals surface area contributed by atoms with Gasteiger partial charge in [-0.1, -0.05) is 30.3 Å². The van der Waals surface area contributed by atoms with Crippen molar-refractivity contribution in [2.24, 2.45) is 0 Å². The molecule has 1 aliphatic heterocycles. The Hall–Kier alpha value is -3.74. The third-order valence-corrected chi connectivity index (χ3v) is 4.17. The van der Waals surface area contributed by atoms with Crippen molar-refractivity contribution >= 4 is 11.6 Å². The summed E-state index contributed by atoms with van der Waals surface area (Å²) in [6.45, 7) is 1.16. The van der Waals surface area contributed by atoms with E-state index in [1.807, 2.05) is 30.3 Å². The number of benzene rings is 2. The van der Waals surface area contributed by atoms with Crippen LogP contribution in [0.25, 0.3) is 0 Å². The molecule has 142 valence electrons. The van der Waals surface area contributed by atoms with Crippen LogP contribution in [0.4, 0.5) is 5.69 Å². The number of amides is 1. The minimum atomic E-state index is -0.534. The molecule has 2 heterocycles. The molecule has 0 saturated heterocycles. The number of fused-ring (bicyclic) bond motifs is 1. The number of nitrogens with one attached hydrogen (secondary N) is 1. The van der Waals surface area contributed by atoms with Gasteiger partial charge in [-0.2, -0.15) is 4.73 Å². The van der Waals surface area contributed by atoms with Crippen LogP contribution in [0, 0.1) is 0 Å². The van der Waals surface area contributed by atoms with Crippen LogP contribution in [0.15, 0.2) is 71.7 Å². The van der Waals surface area contributed by atoms with Crippen LogP contribution in [-0.2, 0) is 6.61 Å². The minimum Gasteiger partial charge on any atom is -0.486 e. The molecule has 2 aromatic carbocycles. The zero-order valence-corrected chi connectivity index (χ0v) is 15.0. The second-order valence-electron chi connectivity index (χ2n) is 6.12. The third-order valence-electron chi connectivity index (χ3n) is 4.17. The van der Waals surface area contributed by atoms with Gasteiger partial charge in [-0.05, 0) is 29.8 Å². The minimum absolute atomic E-state index is 0.0227. The predicted molar refractivity (Wildman–Crippen MR) is 103 cm³/mol. The Morgan fingerprint density at radius 3 is 2.61 bits per heavy atom. The summed E-state index contributed by atoms with van der Waals surface area (Å²) in [5.41, 5.74) is 0.869. The van der Waals surface area contributed by atoms with Gasteiger partial charge in [0.05, 0.1) is 0 Å². The van der Waals surface area contributed by atoms with Crippen molar-refractivity contribution < 1.29 is 19.1 Å². The number of carbonyl (C=O) groups is 1. The average Bonchev–Trinajstić information content (AvgIpc) is 2.73. The molecule has 0 unspecified atom stereocenters. The lowest BCUT2D eigenvalue weighted by Crippen LogP contribution is -2.32. The van der Waals surface area contributed by atoms with Gasteiger partial charge in [-0.15, -0.1) is 0 Å². The number of rotatable bonds is 5. The first-order chi connectivity index (χ1) is 13.7. The fourth-order valence-electron chi connectivity index (χ4n) is 2.79. The van der Waals surface area contributed by atoms with E-state index >= 15 is 0 Å². The molecule has 1 amide bonds. The Balaban J connectivity index is 1.49. The maximum absolute atomic E-state index is 12.6. The van der Waals surface area contributed by atoms with Gasteiger partial charge in [-0.25, -0.2) is 0 Å². The fraction of sp³-hybridized carbons (Fsp3) is 0.143. The number of aromatic nitrogens is 1. The molecular formula is C21H18N2O5. The lowest BCUT2D eigenvalue weighted by molar-refractivity contribution is 0.0863. The van der Waals surface area contributed by atoms with Crippen molar-refractivity contribution in [1.29, 1.82) is 0 Å². The molecule has 4 rings (SSSR count). The number of carbonyl (C=O) groups excluding carboxylic acids is 1. The van der Waals surface area contributed by atoms with Crippen molar-refractivity contribution in [2.75, 3.05) is 18.5 Å². The predicted octanol–water partition coefficient (Wildman–Crippen LogP) is 2.50. The molecule has 0 bridgehead atoms. The Kier molecular flexibility index (Phi) is 4.97. The molecule has 7 heteroatoms. The fourth-order valence-corrected chi connectivity index (χ4v) is 2.79. The van der Waals surface area contributed by atoms with Gasteiger partial charge in [0.25, 0.3) is 11.5 Å². The molecule has 7 nitrogen and oxygen atoms in total. The molecule has 1 N–H and O–H groups in total. The second-order valence-corrected chi connectivity index (χ2v) is 6.12. The number of anilines is 1. The standard InChI is InChI=1S/C21H18N2O5/c24-20(22-16-8-9-18-19(13-16)27-12-11-26-18)17-7-4-10-23(21(17)25)28-14-15-5-2-1-3-6-15/h1-10,13H,11-12,14H2,(H,22,24). The van der Waals surface area contributed by atoms with Crippen molar-refractivity contribution in [2.45, 2.75) is 6.61 Å². The van der Waals surface area contributed by atoms with Crippen LogP contribution in [0.3, 0.4) is 0 Å². The van der Waals surface area contributed by atoms with E-state index in [9.17, 15) is 9.59 Å². The van der Waals surface area contributed by atoms with E-state index in [0.29, 0.717) is 30.4 Å². The van der Waals surface area contributed by atoms with Gasteiger partial charge in [0.1, 0.15) is 25.4 Å². The van der Waals surface area contributed by atoms with E-state index < -0.39 is 11.5 Å². The van der Waals surface area contributed by atoms with Gasteiger partial charge < -0.3 is 19.6 Å². The Bertz CT molecular complexity index is 1050. The summed E-state index contributed by atoms with van der Waals surface area (Å²) >= 11 is 0. The van der Waals surface area contributed by atoms with Crippen LogP contribution >= 0.6 is 0 Å². The van der Waals surface area contributed by atoms with Gasteiger partial charge in [-0.3, -0.25) is 9.59 Å². The van der Waals surface area contributed by atoms with Crippen LogP contribution in [0.1, 0.15) is 15.9 Å². The van der Waals surface area contributed by atoms with Crippen molar-refractivity contribution in [1.82, 2.24) is 4.73 Å². The topological polar surface area (TPSA) is 78.8 Å². The van der Waals surface area contributed by atoms with Gasteiger partial charge in [0.2, 0.25) is 0 Å². The van der Waals surface area contributed by atoms with Crippen molar-refractivity contribution in [3.05, 3.63) is 88.3 Å². The zero-order valence-electron chi connectivity index (χ0n) is 15.0. The summed E-state index contributed by atoms with van der Waals surface area (Å²) < 4.78 is 12.0. The molecule has 0 spiro atoms. The number of nitrogens with zero attached hydrogens (tertiary/aromatic N) is 1. The van der Waals surface area contributed by atoms with Crippen LogP contribution < -0.4 is 25.2 Å². The lowest BCUT2D eigenvalue weighted by Gasteiger charge is -2.19. The molecule has 0 fully saturated rings. The molecule has 0 atom stereocenters. The highest BCUT2D eigenvalue weighted by atomic mass is 16.7. The van der Waals surface area contributed by atoms with E-state index in [-0.39, 0.29) is 12.2 Å². The van der Waals surface area contributed by atoms with Gasteiger partial charge in [0.15, 0.2) is 11.5 Å². The summed E-state index contributed by atoms with van der Waals surface area (Å²) in [5.74, 6) is 0.653. The summed E-state index contributed by atoms with van der Waals surface area (Å²) in [6.07, 6.45) is 1.48. The van der Waals surface area contributed by atoms with Crippen LogP contribution in [-0.4, -0.2) is 23.9 Å². The largest absolute Gasteiger partial charge is 0.486 e. The van der Waals surface area contributed by atoms with Crippen molar-refractivity contribution in [3.63, 3.8) is 0 Å². The second kappa shape index (κ2) is 7.87. The highest BCUT2D eigenvalue weighted by Crippen LogP contribution is 2.32. The number of hydrogen-bond acceptors (Lipinski definition) is 5. The first kappa shape index (κ1) is 17.7. The average molecular weight is 378 g/mol. The zero-order chi connectivity index (χ0) is 19.3. The molecule has 1 aliphatic rings. The molecule has 0 saturated carbocycles. The maximum Gasteiger partial charge on any atom is 0.295 e. The molecule has 1 aromatic heterocycles. The summed E-state index contributed by atoms with van der Waals surface area (Å²) in [7, 11) is 0. The normalized spacial score (nSPS) is 12.3. The highest BCUT2D eigenvalue weighted by molar-refractivity contribution is 6.04. The molecule has 3 aromatic rings. The Labute approximate surface area is 161 Å². The number of ether oxygens (including phenoxy) is 2. The van der Waals surface area contributed by atoms with E-state index in [1.165, 1.54) is 12.3 Å².